The first kappa shape index (κ1) is 21.1. The molecule has 1 heterocycles. The minimum atomic E-state index is -0.304. The third-order valence-electron chi connectivity index (χ3n) is 4.36. The van der Waals surface area contributed by atoms with E-state index in [1.165, 1.54) is 11.8 Å². The number of amides is 1. The van der Waals surface area contributed by atoms with Crippen LogP contribution in [0.25, 0.3) is 6.08 Å². The van der Waals surface area contributed by atoms with Crippen molar-refractivity contribution in [2.45, 2.75) is 25.8 Å². The van der Waals surface area contributed by atoms with Crippen LogP contribution in [0.2, 0.25) is 5.02 Å². The second-order valence-corrected chi connectivity index (χ2v) is 8.12. The van der Waals surface area contributed by atoms with Crippen LogP contribution in [0, 0.1) is 6.92 Å². The number of carbonyl (C=O) groups is 1. The molecule has 152 valence electrons. The molecule has 1 aliphatic heterocycles. The smallest absolute Gasteiger partial charge is 0.260 e. The summed E-state index contributed by atoms with van der Waals surface area (Å²) in [6, 6.07) is 9.16. The van der Waals surface area contributed by atoms with Crippen LogP contribution in [-0.4, -0.2) is 23.1 Å². The van der Waals surface area contributed by atoms with E-state index in [9.17, 15) is 9.90 Å². The number of aryl methyl sites for hydroxylation is 1. The van der Waals surface area contributed by atoms with Gasteiger partial charge in [0.15, 0.2) is 17.0 Å². The largest absolute Gasteiger partial charge is 0.504 e. The van der Waals surface area contributed by atoms with E-state index in [0.29, 0.717) is 34.3 Å². The minimum absolute atomic E-state index is 0.105. The Balaban J connectivity index is 1.84. The number of allylic oxidation sites excluding steroid dienone is 1. The van der Waals surface area contributed by atoms with Gasteiger partial charge in [0.2, 0.25) is 0 Å². The lowest BCUT2D eigenvalue weighted by Gasteiger charge is -2.15. The van der Waals surface area contributed by atoms with E-state index >= 15 is 0 Å². The van der Waals surface area contributed by atoms with Crippen molar-refractivity contribution in [3.05, 3.63) is 69.6 Å². The number of phenols is 1. The number of aromatic hydroxyl groups is 1. The second kappa shape index (κ2) is 9.29. The van der Waals surface area contributed by atoms with Crippen LogP contribution < -0.4 is 15.4 Å². The maximum atomic E-state index is 12.5. The van der Waals surface area contributed by atoms with Crippen molar-refractivity contribution in [2.75, 3.05) is 11.9 Å². The summed E-state index contributed by atoms with van der Waals surface area (Å²) < 4.78 is 5.53. The molecule has 1 atom stereocenters. The van der Waals surface area contributed by atoms with Gasteiger partial charge in [-0.05, 0) is 61.7 Å². The normalized spacial score (nSPS) is 17.3. The highest BCUT2D eigenvalue weighted by molar-refractivity contribution is 8.05. The summed E-state index contributed by atoms with van der Waals surface area (Å²) >= 11 is 7.46. The van der Waals surface area contributed by atoms with Gasteiger partial charge in [0, 0.05) is 16.3 Å². The Morgan fingerprint density at radius 3 is 2.90 bits per heavy atom. The van der Waals surface area contributed by atoms with E-state index in [-0.39, 0.29) is 17.2 Å². The molecule has 29 heavy (non-hydrogen) atoms. The predicted molar refractivity (Wildman–Crippen MR) is 120 cm³/mol. The molecule has 1 unspecified atom stereocenters. The maximum absolute atomic E-state index is 12.5. The van der Waals surface area contributed by atoms with Crippen LogP contribution in [0.1, 0.15) is 23.6 Å². The second-order valence-electron chi connectivity index (χ2n) is 6.54. The van der Waals surface area contributed by atoms with Gasteiger partial charge >= 0.3 is 0 Å². The van der Waals surface area contributed by atoms with Gasteiger partial charge in [0.25, 0.3) is 5.91 Å². The van der Waals surface area contributed by atoms with Crippen molar-refractivity contribution in [1.29, 1.82) is 0 Å². The number of nitrogens with one attached hydrogen (secondary N) is 2. The maximum Gasteiger partial charge on any atom is 0.260 e. The first-order valence-electron chi connectivity index (χ1n) is 9.22. The quantitative estimate of drug-likeness (QED) is 0.422. The van der Waals surface area contributed by atoms with Gasteiger partial charge in [-0.2, -0.15) is 0 Å². The van der Waals surface area contributed by atoms with Crippen LogP contribution in [0.4, 0.5) is 5.69 Å². The molecular weight excluding hydrogens is 408 g/mol. The van der Waals surface area contributed by atoms with Crippen molar-refractivity contribution in [2.24, 2.45) is 0 Å². The minimum Gasteiger partial charge on any atom is -0.504 e. The molecule has 1 saturated heterocycles. The number of rotatable bonds is 7. The summed E-state index contributed by atoms with van der Waals surface area (Å²) in [6.45, 7) is 7.99. The summed E-state index contributed by atoms with van der Waals surface area (Å²) in [7, 11) is 0. The lowest BCUT2D eigenvalue weighted by atomic mass is 10.1. The number of halogens is 1. The molecule has 1 amide bonds. The molecular formula is C22H23ClN2O3S. The third-order valence-corrected chi connectivity index (χ3v) is 5.62. The first-order valence-corrected chi connectivity index (χ1v) is 10.5. The number of hydrogen-bond donors (Lipinski definition) is 3. The molecule has 0 aromatic heterocycles. The summed E-state index contributed by atoms with van der Waals surface area (Å²) in [6.07, 6.45) is 4.01. The number of anilines is 1. The average molecular weight is 431 g/mol. The Bertz CT molecular complexity index is 975. The van der Waals surface area contributed by atoms with E-state index < -0.39 is 0 Å². The Hall–Kier alpha value is -2.57. The molecule has 5 nitrogen and oxygen atoms in total. The molecule has 0 saturated carbocycles. The topological polar surface area (TPSA) is 70.6 Å². The molecule has 7 heteroatoms. The Kier molecular flexibility index (Phi) is 6.77. The van der Waals surface area contributed by atoms with E-state index in [2.05, 4.69) is 17.2 Å². The highest BCUT2D eigenvalue weighted by atomic mass is 35.5. The zero-order chi connectivity index (χ0) is 21.0. The first-order chi connectivity index (χ1) is 13.9. The molecule has 0 bridgehead atoms. The lowest BCUT2D eigenvalue weighted by molar-refractivity contribution is -0.116. The van der Waals surface area contributed by atoms with Gasteiger partial charge in [-0.3, -0.25) is 4.79 Å². The van der Waals surface area contributed by atoms with E-state index in [1.807, 2.05) is 38.1 Å². The molecule has 0 aliphatic carbocycles. The summed E-state index contributed by atoms with van der Waals surface area (Å²) in [4.78, 5) is 13.0. The number of ether oxygens (including phenoxy) is 1. The van der Waals surface area contributed by atoms with E-state index in [1.54, 1.807) is 18.2 Å². The zero-order valence-electron chi connectivity index (χ0n) is 16.3. The van der Waals surface area contributed by atoms with Crippen molar-refractivity contribution >= 4 is 41.0 Å². The molecule has 1 fully saturated rings. The standard InChI is InChI=1S/C22H23ClN2O3S/c1-4-6-15-9-14(10-18(20(15)26)28-5-2)11-19-21(27)25-22(29-19)24-17-12-16(23)8-7-13(17)3/h4,7-12,22,24,26H,1,5-6H2,2-3H3,(H,25,27)/b19-11-. The lowest BCUT2D eigenvalue weighted by Crippen LogP contribution is -2.31. The van der Waals surface area contributed by atoms with Crippen LogP contribution >= 0.6 is 23.4 Å². The molecule has 0 radical (unpaired) electrons. The van der Waals surface area contributed by atoms with Crippen molar-refractivity contribution < 1.29 is 14.6 Å². The number of hydrogen-bond acceptors (Lipinski definition) is 5. The van der Waals surface area contributed by atoms with Crippen molar-refractivity contribution in [3.63, 3.8) is 0 Å². The highest BCUT2D eigenvalue weighted by Gasteiger charge is 2.27. The molecule has 1 aliphatic rings. The predicted octanol–water partition coefficient (Wildman–Crippen LogP) is 5.08. The fraction of sp³-hybridized carbons (Fsp3) is 0.227. The molecule has 3 rings (SSSR count). The van der Waals surface area contributed by atoms with Gasteiger partial charge in [0.05, 0.1) is 11.5 Å². The van der Waals surface area contributed by atoms with Crippen molar-refractivity contribution in [3.8, 4) is 11.5 Å². The van der Waals surface area contributed by atoms with Crippen molar-refractivity contribution in [1.82, 2.24) is 5.32 Å². The Labute approximate surface area is 179 Å². The third kappa shape index (κ3) is 5.08. The number of phenolic OH excluding ortho intramolecular Hbond substituents is 1. The Morgan fingerprint density at radius 1 is 1.38 bits per heavy atom. The van der Waals surface area contributed by atoms with E-state index in [4.69, 9.17) is 16.3 Å². The molecule has 2 aromatic rings. The monoisotopic (exact) mass is 430 g/mol. The molecule has 2 aromatic carbocycles. The Morgan fingerprint density at radius 2 is 2.17 bits per heavy atom. The van der Waals surface area contributed by atoms with Crippen LogP contribution in [0.3, 0.4) is 0 Å². The number of carbonyl (C=O) groups excluding carboxylic acids is 1. The van der Waals surface area contributed by atoms with Crippen LogP contribution in [0.5, 0.6) is 11.5 Å². The number of thioether (sulfide) groups is 1. The van der Waals surface area contributed by atoms with Gasteiger partial charge in [0.1, 0.15) is 0 Å². The van der Waals surface area contributed by atoms with Crippen LogP contribution in [0.15, 0.2) is 47.9 Å². The number of benzene rings is 2. The summed E-state index contributed by atoms with van der Waals surface area (Å²) in [5.74, 6) is 0.336. The summed E-state index contributed by atoms with van der Waals surface area (Å²) in [5, 5.41) is 17.2. The summed E-state index contributed by atoms with van der Waals surface area (Å²) in [5.41, 5.74) is 3.08. The SMILES string of the molecule is C=CCc1cc(/C=C2\SC(Nc3cc(Cl)ccc3C)NC2=O)cc(OCC)c1O. The van der Waals surface area contributed by atoms with Gasteiger partial charge < -0.3 is 20.5 Å². The molecule has 3 N–H and O–H groups in total. The fourth-order valence-electron chi connectivity index (χ4n) is 2.96. The van der Waals surface area contributed by atoms with E-state index in [0.717, 1.165) is 16.8 Å². The highest BCUT2D eigenvalue weighted by Crippen LogP contribution is 2.36. The van der Waals surface area contributed by atoms with Crippen LogP contribution in [-0.2, 0) is 11.2 Å². The fourth-order valence-corrected chi connectivity index (χ4v) is 4.10. The van der Waals surface area contributed by atoms with Gasteiger partial charge in [-0.1, -0.05) is 35.5 Å². The van der Waals surface area contributed by atoms with Gasteiger partial charge in [-0.15, -0.1) is 6.58 Å². The molecule has 0 spiro atoms. The zero-order valence-corrected chi connectivity index (χ0v) is 17.9. The van der Waals surface area contributed by atoms with Gasteiger partial charge in [-0.25, -0.2) is 0 Å². The average Bonchev–Trinajstić information content (AvgIpc) is 3.01.